The summed E-state index contributed by atoms with van der Waals surface area (Å²) in [5.41, 5.74) is 6.15. The number of rotatable bonds is 3. The molecule has 0 unspecified atom stereocenters. The van der Waals surface area contributed by atoms with E-state index in [-0.39, 0.29) is 5.17 Å². The number of nitrogens with one attached hydrogen (secondary N) is 1. The van der Waals surface area contributed by atoms with Crippen LogP contribution in [0, 0.1) is 5.41 Å². The van der Waals surface area contributed by atoms with Crippen LogP contribution < -0.4 is 5.73 Å². The van der Waals surface area contributed by atoms with Crippen molar-refractivity contribution in [2.24, 2.45) is 5.73 Å². The maximum Gasteiger partial charge on any atom is 0.205 e. The molecule has 0 amide bonds. The van der Waals surface area contributed by atoms with E-state index in [4.69, 9.17) is 27.2 Å². The van der Waals surface area contributed by atoms with Crippen molar-refractivity contribution >= 4 is 28.5 Å². The molecular formula is C11H10ClN3OS. The Morgan fingerprint density at radius 1 is 1.41 bits per heavy atom. The van der Waals surface area contributed by atoms with E-state index in [1.54, 1.807) is 18.3 Å². The Balaban J connectivity index is 2.12. The second-order valence-corrected chi connectivity index (χ2v) is 4.73. The van der Waals surface area contributed by atoms with Crippen LogP contribution in [-0.4, -0.2) is 10.2 Å². The summed E-state index contributed by atoms with van der Waals surface area (Å²) in [6.45, 7) is 0. The fourth-order valence-electron chi connectivity index (χ4n) is 1.26. The van der Waals surface area contributed by atoms with Gasteiger partial charge >= 0.3 is 0 Å². The molecule has 0 spiro atoms. The number of amidine groups is 1. The molecule has 0 aliphatic rings. The molecule has 4 nitrogen and oxygen atoms in total. The lowest BCUT2D eigenvalue weighted by Gasteiger charge is -1.96. The van der Waals surface area contributed by atoms with Crippen LogP contribution in [-0.2, 0) is 5.75 Å². The number of halogens is 1. The average molecular weight is 268 g/mol. The SMILES string of the molecule is N=C(N)SCc1ncc(-c2ccc(Cl)cc2)o1. The molecule has 0 aliphatic carbocycles. The second-order valence-electron chi connectivity index (χ2n) is 3.28. The first-order chi connectivity index (χ1) is 8.15. The van der Waals surface area contributed by atoms with Crippen molar-refractivity contribution in [1.29, 1.82) is 5.41 Å². The van der Waals surface area contributed by atoms with E-state index >= 15 is 0 Å². The van der Waals surface area contributed by atoms with Gasteiger partial charge in [-0.1, -0.05) is 23.4 Å². The van der Waals surface area contributed by atoms with Gasteiger partial charge in [0.15, 0.2) is 10.9 Å². The number of hydrogen-bond acceptors (Lipinski definition) is 4. The van der Waals surface area contributed by atoms with Crippen molar-refractivity contribution in [3.05, 3.63) is 41.4 Å². The van der Waals surface area contributed by atoms with Crippen molar-refractivity contribution in [3.63, 3.8) is 0 Å². The zero-order valence-electron chi connectivity index (χ0n) is 8.81. The third-order valence-electron chi connectivity index (χ3n) is 2.03. The Hall–Kier alpha value is -1.46. The van der Waals surface area contributed by atoms with Crippen LogP contribution in [0.1, 0.15) is 5.89 Å². The number of nitrogens with two attached hydrogens (primary N) is 1. The number of nitrogens with zero attached hydrogens (tertiary/aromatic N) is 1. The number of hydrogen-bond donors (Lipinski definition) is 2. The van der Waals surface area contributed by atoms with Gasteiger partial charge in [0, 0.05) is 10.6 Å². The van der Waals surface area contributed by atoms with E-state index in [1.807, 2.05) is 12.1 Å². The van der Waals surface area contributed by atoms with Crippen LogP contribution in [0.3, 0.4) is 0 Å². The Bertz CT molecular complexity index is 524. The molecule has 17 heavy (non-hydrogen) atoms. The molecule has 2 rings (SSSR count). The van der Waals surface area contributed by atoms with E-state index in [9.17, 15) is 0 Å². The smallest absolute Gasteiger partial charge is 0.205 e. The van der Waals surface area contributed by atoms with Crippen molar-refractivity contribution in [2.45, 2.75) is 5.75 Å². The van der Waals surface area contributed by atoms with Crippen molar-refractivity contribution in [3.8, 4) is 11.3 Å². The first-order valence-electron chi connectivity index (χ1n) is 4.82. The van der Waals surface area contributed by atoms with E-state index in [0.717, 1.165) is 5.56 Å². The van der Waals surface area contributed by atoms with Crippen LogP contribution in [0.4, 0.5) is 0 Å². The minimum absolute atomic E-state index is 0.0521. The minimum atomic E-state index is 0.0521. The maximum atomic E-state index is 7.09. The lowest BCUT2D eigenvalue weighted by Crippen LogP contribution is -2.03. The van der Waals surface area contributed by atoms with E-state index in [0.29, 0.717) is 22.4 Å². The van der Waals surface area contributed by atoms with E-state index in [2.05, 4.69) is 4.98 Å². The molecule has 0 atom stereocenters. The zero-order chi connectivity index (χ0) is 12.3. The summed E-state index contributed by atoms with van der Waals surface area (Å²) in [7, 11) is 0. The largest absolute Gasteiger partial charge is 0.440 e. The maximum absolute atomic E-state index is 7.09. The summed E-state index contributed by atoms with van der Waals surface area (Å²) >= 11 is 6.98. The molecule has 88 valence electrons. The Kier molecular flexibility index (Phi) is 3.71. The number of thioether (sulfide) groups is 1. The monoisotopic (exact) mass is 267 g/mol. The van der Waals surface area contributed by atoms with Gasteiger partial charge in [0.2, 0.25) is 5.89 Å². The molecule has 0 radical (unpaired) electrons. The highest BCUT2D eigenvalue weighted by Gasteiger charge is 2.06. The Morgan fingerprint density at radius 2 is 2.12 bits per heavy atom. The van der Waals surface area contributed by atoms with Gasteiger partial charge in [-0.05, 0) is 24.3 Å². The zero-order valence-corrected chi connectivity index (χ0v) is 10.4. The fourth-order valence-corrected chi connectivity index (χ4v) is 1.80. The highest BCUT2D eigenvalue weighted by molar-refractivity contribution is 8.12. The van der Waals surface area contributed by atoms with Gasteiger partial charge in [-0.2, -0.15) is 0 Å². The van der Waals surface area contributed by atoms with Crippen LogP contribution in [0.25, 0.3) is 11.3 Å². The summed E-state index contributed by atoms with van der Waals surface area (Å²) in [4.78, 5) is 4.11. The van der Waals surface area contributed by atoms with E-state index < -0.39 is 0 Å². The summed E-state index contributed by atoms with van der Waals surface area (Å²) in [6, 6.07) is 7.32. The van der Waals surface area contributed by atoms with Gasteiger partial charge < -0.3 is 10.2 Å². The Labute approximate surface area is 108 Å². The number of aromatic nitrogens is 1. The quantitative estimate of drug-likeness (QED) is 0.662. The minimum Gasteiger partial charge on any atom is -0.440 e. The Morgan fingerprint density at radius 3 is 2.76 bits per heavy atom. The lowest BCUT2D eigenvalue weighted by molar-refractivity contribution is 0.530. The highest BCUT2D eigenvalue weighted by Crippen LogP contribution is 2.23. The van der Waals surface area contributed by atoms with Gasteiger partial charge in [-0.25, -0.2) is 4.98 Å². The predicted octanol–water partition coefficient (Wildman–Crippen LogP) is 3.12. The van der Waals surface area contributed by atoms with Crippen molar-refractivity contribution < 1.29 is 4.42 Å². The van der Waals surface area contributed by atoms with Gasteiger partial charge in [0.1, 0.15) is 0 Å². The van der Waals surface area contributed by atoms with Crippen molar-refractivity contribution in [2.75, 3.05) is 0 Å². The standard InChI is InChI=1S/C11H10ClN3OS/c12-8-3-1-7(2-4-8)9-5-15-10(16-9)6-17-11(13)14/h1-5H,6H2,(H3,13,14). The van der Waals surface area contributed by atoms with Crippen LogP contribution in [0.5, 0.6) is 0 Å². The molecule has 0 saturated heterocycles. The van der Waals surface area contributed by atoms with Gasteiger partial charge in [0.25, 0.3) is 0 Å². The number of benzene rings is 1. The molecule has 6 heteroatoms. The summed E-state index contributed by atoms with van der Waals surface area (Å²) < 4.78 is 5.53. The normalized spacial score (nSPS) is 10.4. The van der Waals surface area contributed by atoms with E-state index in [1.165, 1.54) is 11.8 Å². The van der Waals surface area contributed by atoms with Crippen LogP contribution in [0.2, 0.25) is 5.02 Å². The second kappa shape index (κ2) is 5.25. The highest BCUT2D eigenvalue weighted by atomic mass is 35.5. The molecule has 0 aliphatic heterocycles. The molecule has 0 fully saturated rings. The first-order valence-corrected chi connectivity index (χ1v) is 6.19. The predicted molar refractivity (Wildman–Crippen MR) is 70.2 cm³/mol. The summed E-state index contributed by atoms with van der Waals surface area (Å²) in [5.74, 6) is 1.69. The molecule has 1 aromatic carbocycles. The molecule has 3 N–H and O–H groups in total. The average Bonchev–Trinajstić information content (AvgIpc) is 2.76. The third-order valence-corrected chi connectivity index (χ3v) is 2.99. The topological polar surface area (TPSA) is 75.9 Å². The lowest BCUT2D eigenvalue weighted by atomic mass is 10.2. The molecule has 2 aromatic rings. The molecular weight excluding hydrogens is 258 g/mol. The summed E-state index contributed by atoms with van der Waals surface area (Å²) in [5, 5.41) is 7.83. The van der Waals surface area contributed by atoms with Crippen molar-refractivity contribution in [1.82, 2.24) is 4.98 Å². The fraction of sp³-hybridized carbons (Fsp3) is 0.0909. The summed E-state index contributed by atoms with van der Waals surface area (Å²) in [6.07, 6.45) is 1.65. The molecule has 1 heterocycles. The van der Waals surface area contributed by atoms with Crippen LogP contribution >= 0.6 is 23.4 Å². The molecule has 1 aromatic heterocycles. The third kappa shape index (κ3) is 3.25. The molecule has 0 bridgehead atoms. The number of oxazole rings is 1. The van der Waals surface area contributed by atoms with Crippen LogP contribution in [0.15, 0.2) is 34.9 Å². The van der Waals surface area contributed by atoms with Gasteiger partial charge in [0.05, 0.1) is 11.9 Å². The first kappa shape index (κ1) is 12.0. The molecule has 0 saturated carbocycles. The van der Waals surface area contributed by atoms with Gasteiger partial charge in [-0.15, -0.1) is 0 Å². The van der Waals surface area contributed by atoms with Gasteiger partial charge in [-0.3, -0.25) is 5.41 Å².